The third-order valence-corrected chi connectivity index (χ3v) is 0.876. The van der Waals surface area contributed by atoms with E-state index in [4.69, 9.17) is 0 Å². The standard InChI is InChI=1S/C5H6O3/c1-2-4-3-7-5(6)8-4/h2,4H,1,3H2/t4-/m1/s1. The summed E-state index contributed by atoms with van der Waals surface area (Å²) in [6.07, 6.45) is 0.697. The molecule has 0 aliphatic carbocycles. The van der Waals surface area contributed by atoms with E-state index in [2.05, 4.69) is 16.1 Å². The highest BCUT2D eigenvalue weighted by Gasteiger charge is 2.20. The number of rotatable bonds is 1. The van der Waals surface area contributed by atoms with Crippen LogP contribution in [0.5, 0.6) is 0 Å². The SMILES string of the molecule is C=C[C@@H]1COC(=O)O1. The molecule has 0 unspecified atom stereocenters. The van der Waals surface area contributed by atoms with Crippen molar-refractivity contribution in [1.29, 1.82) is 0 Å². The van der Waals surface area contributed by atoms with E-state index in [-0.39, 0.29) is 6.10 Å². The normalized spacial score (nSPS) is 26.5. The highest BCUT2D eigenvalue weighted by Crippen LogP contribution is 2.05. The van der Waals surface area contributed by atoms with Crippen LogP contribution in [0.25, 0.3) is 0 Å². The Labute approximate surface area is 46.9 Å². The van der Waals surface area contributed by atoms with Crippen LogP contribution in [-0.2, 0) is 9.47 Å². The van der Waals surface area contributed by atoms with Crippen LogP contribution >= 0.6 is 0 Å². The summed E-state index contributed by atoms with van der Waals surface area (Å²) in [5.74, 6) is 0. The fourth-order valence-corrected chi connectivity index (χ4v) is 0.458. The van der Waals surface area contributed by atoms with Gasteiger partial charge in [0.15, 0.2) is 6.10 Å². The van der Waals surface area contributed by atoms with Crippen molar-refractivity contribution in [2.24, 2.45) is 0 Å². The Morgan fingerprint density at radius 1 is 1.88 bits per heavy atom. The Hall–Kier alpha value is -0.990. The third kappa shape index (κ3) is 0.804. The van der Waals surface area contributed by atoms with E-state index in [1.165, 1.54) is 6.08 Å². The number of hydrogen-bond donors (Lipinski definition) is 0. The van der Waals surface area contributed by atoms with Gasteiger partial charge in [0.2, 0.25) is 0 Å². The van der Waals surface area contributed by atoms with Crippen molar-refractivity contribution in [3.63, 3.8) is 0 Å². The summed E-state index contributed by atoms with van der Waals surface area (Å²) in [5.41, 5.74) is 0. The van der Waals surface area contributed by atoms with E-state index in [1.807, 2.05) is 0 Å². The van der Waals surface area contributed by atoms with Crippen LogP contribution in [0.15, 0.2) is 12.7 Å². The predicted octanol–water partition coefficient (Wildman–Crippen LogP) is 0.708. The largest absolute Gasteiger partial charge is 0.509 e. The summed E-state index contributed by atoms with van der Waals surface area (Å²) in [6.45, 7) is 3.73. The molecule has 0 saturated carbocycles. The van der Waals surface area contributed by atoms with Gasteiger partial charge in [-0.15, -0.1) is 0 Å². The minimum Gasteiger partial charge on any atom is -0.430 e. The minimum absolute atomic E-state index is 0.234. The molecule has 3 heteroatoms. The lowest BCUT2D eigenvalue weighted by Crippen LogP contribution is -2.03. The van der Waals surface area contributed by atoms with E-state index in [0.717, 1.165) is 0 Å². The zero-order valence-corrected chi connectivity index (χ0v) is 4.29. The molecular formula is C5H6O3. The van der Waals surface area contributed by atoms with Gasteiger partial charge in [0.05, 0.1) is 0 Å². The quantitative estimate of drug-likeness (QED) is 0.372. The first-order valence-corrected chi connectivity index (χ1v) is 2.29. The monoisotopic (exact) mass is 114 g/mol. The maximum absolute atomic E-state index is 10.1. The van der Waals surface area contributed by atoms with Gasteiger partial charge in [0.25, 0.3) is 0 Å². The van der Waals surface area contributed by atoms with E-state index < -0.39 is 6.16 Å². The molecule has 0 aromatic carbocycles. The lowest BCUT2D eigenvalue weighted by atomic mass is 10.4. The first-order valence-electron chi connectivity index (χ1n) is 2.29. The van der Waals surface area contributed by atoms with Crippen molar-refractivity contribution in [2.75, 3.05) is 6.61 Å². The van der Waals surface area contributed by atoms with Crippen molar-refractivity contribution in [3.05, 3.63) is 12.7 Å². The summed E-state index contributed by atoms with van der Waals surface area (Å²) < 4.78 is 8.96. The molecule has 0 bridgehead atoms. The Bertz CT molecular complexity index is 119. The summed E-state index contributed by atoms with van der Waals surface area (Å²) in [6, 6.07) is 0. The summed E-state index contributed by atoms with van der Waals surface area (Å²) in [7, 11) is 0. The van der Waals surface area contributed by atoms with Crippen molar-refractivity contribution < 1.29 is 14.3 Å². The van der Waals surface area contributed by atoms with Crippen molar-refractivity contribution in [1.82, 2.24) is 0 Å². The Morgan fingerprint density at radius 3 is 2.88 bits per heavy atom. The molecule has 0 aromatic rings. The number of ether oxygens (including phenoxy) is 2. The predicted molar refractivity (Wildman–Crippen MR) is 26.4 cm³/mol. The van der Waals surface area contributed by atoms with Gasteiger partial charge >= 0.3 is 6.16 Å². The van der Waals surface area contributed by atoms with Crippen molar-refractivity contribution in [3.8, 4) is 0 Å². The molecule has 1 atom stereocenters. The van der Waals surface area contributed by atoms with E-state index in [9.17, 15) is 4.79 Å². The van der Waals surface area contributed by atoms with Gasteiger partial charge in [0.1, 0.15) is 6.61 Å². The molecule has 8 heavy (non-hydrogen) atoms. The van der Waals surface area contributed by atoms with Crippen LogP contribution in [-0.4, -0.2) is 18.9 Å². The molecule has 1 aliphatic heterocycles. The maximum atomic E-state index is 10.1. The average Bonchev–Trinajstić information content (AvgIpc) is 2.14. The van der Waals surface area contributed by atoms with Crippen LogP contribution in [0.4, 0.5) is 4.79 Å². The van der Waals surface area contributed by atoms with E-state index >= 15 is 0 Å². The minimum atomic E-state index is -0.602. The molecule has 0 N–H and O–H groups in total. The fraction of sp³-hybridized carbons (Fsp3) is 0.400. The lowest BCUT2D eigenvalue weighted by molar-refractivity contribution is 0.125. The Morgan fingerprint density at radius 2 is 2.62 bits per heavy atom. The molecule has 1 saturated heterocycles. The molecule has 1 aliphatic rings. The first kappa shape index (κ1) is 5.15. The highest BCUT2D eigenvalue weighted by atomic mass is 16.8. The number of cyclic esters (lactones) is 2. The van der Waals surface area contributed by atoms with E-state index in [1.54, 1.807) is 0 Å². The van der Waals surface area contributed by atoms with Crippen LogP contribution in [0.3, 0.4) is 0 Å². The molecule has 0 spiro atoms. The zero-order valence-electron chi connectivity index (χ0n) is 4.29. The summed E-state index contributed by atoms with van der Waals surface area (Å²) in [5, 5.41) is 0. The molecule has 0 aromatic heterocycles. The van der Waals surface area contributed by atoms with E-state index in [0.29, 0.717) is 6.61 Å². The second-order valence-electron chi connectivity index (χ2n) is 1.45. The van der Waals surface area contributed by atoms with Crippen molar-refractivity contribution in [2.45, 2.75) is 6.10 Å². The first-order chi connectivity index (χ1) is 3.83. The molecule has 3 nitrogen and oxygen atoms in total. The van der Waals surface area contributed by atoms with Gasteiger partial charge in [-0.3, -0.25) is 0 Å². The number of carbonyl (C=O) groups is 1. The summed E-state index contributed by atoms with van der Waals surface area (Å²) >= 11 is 0. The van der Waals surface area contributed by atoms with Gasteiger partial charge in [0, 0.05) is 0 Å². The average molecular weight is 114 g/mol. The van der Waals surface area contributed by atoms with Crippen molar-refractivity contribution >= 4 is 6.16 Å². The molecule has 44 valence electrons. The van der Waals surface area contributed by atoms with Gasteiger partial charge < -0.3 is 9.47 Å². The molecule has 0 radical (unpaired) electrons. The highest BCUT2D eigenvalue weighted by molar-refractivity contribution is 5.62. The fourth-order valence-electron chi connectivity index (χ4n) is 0.458. The molecule has 1 fully saturated rings. The molecule has 1 heterocycles. The smallest absolute Gasteiger partial charge is 0.430 e. The maximum Gasteiger partial charge on any atom is 0.509 e. The lowest BCUT2D eigenvalue weighted by Gasteiger charge is -1.92. The topological polar surface area (TPSA) is 35.5 Å². The van der Waals surface area contributed by atoms with Crippen LogP contribution in [0.1, 0.15) is 0 Å². The zero-order chi connectivity index (χ0) is 5.98. The van der Waals surface area contributed by atoms with Gasteiger partial charge in [-0.05, 0) is 6.08 Å². The molecule has 0 amide bonds. The van der Waals surface area contributed by atoms with Gasteiger partial charge in [-0.1, -0.05) is 6.58 Å². The summed E-state index contributed by atoms with van der Waals surface area (Å²) in [4.78, 5) is 10.1. The third-order valence-electron chi connectivity index (χ3n) is 0.876. The Kier molecular flexibility index (Phi) is 1.20. The Balaban J connectivity index is 2.43. The second kappa shape index (κ2) is 1.86. The number of hydrogen-bond acceptors (Lipinski definition) is 3. The van der Waals surface area contributed by atoms with Crippen LogP contribution in [0, 0.1) is 0 Å². The van der Waals surface area contributed by atoms with Gasteiger partial charge in [-0.25, -0.2) is 4.79 Å². The van der Waals surface area contributed by atoms with Gasteiger partial charge in [-0.2, -0.15) is 0 Å². The van der Waals surface area contributed by atoms with Crippen LogP contribution in [0.2, 0.25) is 0 Å². The van der Waals surface area contributed by atoms with Crippen LogP contribution < -0.4 is 0 Å². The number of carbonyl (C=O) groups excluding carboxylic acids is 1. The molecule has 1 rings (SSSR count). The second-order valence-corrected chi connectivity index (χ2v) is 1.45. The molecular weight excluding hydrogens is 108 g/mol.